The molecule has 1 saturated carbocycles. The number of allylic oxidation sites excluding steroid dienone is 1. The summed E-state index contributed by atoms with van der Waals surface area (Å²) in [6, 6.07) is 11.3. The second kappa shape index (κ2) is 12.7. The molecule has 1 fully saturated rings. The number of nitrogens with one attached hydrogen (secondary N) is 1. The standard InChI is InChI=1S/C36H46ClN3O6S/c1-23-8-6-17-36(45-5,34(42)39(3)4)30-13-10-27(30)20-40-21-35(16-7-9-25-18-28(37)12-14-29(25)35)22-46-32-15-11-26(19-31(32)40)33(41)38-47(43,44)24(23)2/h6,11-12,14-15,17-19,23-24,27,30H,7-10,13,16,20-22H2,1-5H3,(H,38,41)/b17-6-/t23-,24+,27-,30+,35-,36+/m0/s1. The van der Waals surface area contributed by atoms with Crippen molar-refractivity contribution in [3.8, 4) is 5.75 Å². The van der Waals surface area contributed by atoms with E-state index < -0.39 is 26.8 Å². The van der Waals surface area contributed by atoms with Crippen LogP contribution in [0.15, 0.2) is 48.6 Å². The van der Waals surface area contributed by atoms with Gasteiger partial charge in [-0.3, -0.25) is 9.59 Å². The van der Waals surface area contributed by atoms with Crippen LogP contribution in [0.4, 0.5) is 5.69 Å². The van der Waals surface area contributed by atoms with E-state index in [9.17, 15) is 18.0 Å². The monoisotopic (exact) mass is 683 g/mol. The number of carbonyl (C=O) groups is 2. The Morgan fingerprint density at radius 2 is 1.94 bits per heavy atom. The molecule has 0 radical (unpaired) electrons. The maximum absolute atomic E-state index is 13.9. The maximum atomic E-state index is 13.9. The van der Waals surface area contributed by atoms with Crippen molar-refractivity contribution in [2.75, 3.05) is 45.8 Å². The molecule has 2 amide bonds. The molecule has 11 heteroatoms. The average Bonchev–Trinajstić information content (AvgIpc) is 3.17. The highest BCUT2D eigenvalue weighted by Gasteiger charge is 2.53. The van der Waals surface area contributed by atoms with E-state index in [4.69, 9.17) is 21.1 Å². The van der Waals surface area contributed by atoms with Crippen LogP contribution in [-0.4, -0.2) is 76.9 Å². The minimum atomic E-state index is -4.00. The van der Waals surface area contributed by atoms with Crippen molar-refractivity contribution < 1.29 is 27.5 Å². The minimum absolute atomic E-state index is 0.101. The van der Waals surface area contributed by atoms with Crippen molar-refractivity contribution in [2.24, 2.45) is 17.8 Å². The number of hydrogen-bond donors (Lipinski definition) is 1. The highest BCUT2D eigenvalue weighted by Crippen LogP contribution is 2.49. The van der Waals surface area contributed by atoms with Gasteiger partial charge >= 0.3 is 0 Å². The van der Waals surface area contributed by atoms with Gasteiger partial charge in [-0.25, -0.2) is 13.1 Å². The van der Waals surface area contributed by atoms with Crippen molar-refractivity contribution in [3.05, 3.63) is 70.3 Å². The van der Waals surface area contributed by atoms with Crippen molar-refractivity contribution >= 4 is 39.1 Å². The van der Waals surface area contributed by atoms with Crippen molar-refractivity contribution in [1.82, 2.24) is 9.62 Å². The van der Waals surface area contributed by atoms with E-state index in [1.54, 1.807) is 51.2 Å². The summed E-state index contributed by atoms with van der Waals surface area (Å²) >= 11 is 6.43. The third-order valence-corrected chi connectivity index (χ3v) is 13.3. The molecule has 6 atom stereocenters. The quantitative estimate of drug-likeness (QED) is 0.425. The number of anilines is 1. The summed E-state index contributed by atoms with van der Waals surface area (Å²) in [6.07, 6.45) is 8.72. The molecule has 2 aliphatic heterocycles. The molecule has 2 aromatic rings. The predicted molar refractivity (Wildman–Crippen MR) is 184 cm³/mol. The lowest BCUT2D eigenvalue weighted by Gasteiger charge is -2.50. The number of benzene rings is 2. The lowest BCUT2D eigenvalue weighted by molar-refractivity contribution is -0.160. The summed E-state index contributed by atoms with van der Waals surface area (Å²) in [5.41, 5.74) is 1.92. The molecule has 4 aliphatic rings. The van der Waals surface area contributed by atoms with E-state index >= 15 is 0 Å². The second-order valence-corrected chi connectivity index (χ2v) is 16.7. The Morgan fingerprint density at radius 3 is 2.64 bits per heavy atom. The summed E-state index contributed by atoms with van der Waals surface area (Å²) in [6.45, 7) is 5.14. The number of ether oxygens (including phenoxy) is 2. The SMILES string of the molecule is CO[C@]1(C(=O)N(C)C)/C=C\C[C@H](C)[C@@H](C)S(=O)(=O)NC(=O)c2ccc3c(c2)N(C[C@@H]2CC[C@H]21)C[C@@]1(CCCc2cc(Cl)ccc21)CO3. The lowest BCUT2D eigenvalue weighted by atomic mass is 9.63. The van der Waals surface area contributed by atoms with E-state index in [-0.39, 0.29) is 34.6 Å². The van der Waals surface area contributed by atoms with Gasteiger partial charge in [0.1, 0.15) is 5.75 Å². The van der Waals surface area contributed by atoms with Crippen LogP contribution in [0, 0.1) is 17.8 Å². The Hall–Kier alpha value is -3.08. The summed E-state index contributed by atoms with van der Waals surface area (Å²) in [5.74, 6) is -0.473. The molecule has 254 valence electrons. The van der Waals surface area contributed by atoms with Gasteiger partial charge in [0.05, 0.1) is 17.5 Å². The molecular weight excluding hydrogens is 638 g/mol. The highest BCUT2D eigenvalue weighted by atomic mass is 35.5. The van der Waals surface area contributed by atoms with Crippen LogP contribution < -0.4 is 14.4 Å². The summed E-state index contributed by atoms with van der Waals surface area (Å²) in [5, 5.41) is -0.146. The van der Waals surface area contributed by atoms with Crippen LogP contribution in [0.2, 0.25) is 5.02 Å². The summed E-state index contributed by atoms with van der Waals surface area (Å²) < 4.78 is 41.9. The van der Waals surface area contributed by atoms with E-state index in [0.717, 1.165) is 37.8 Å². The van der Waals surface area contributed by atoms with E-state index in [1.165, 1.54) is 11.1 Å². The fourth-order valence-corrected chi connectivity index (χ4v) is 9.62. The van der Waals surface area contributed by atoms with Gasteiger partial charge in [-0.15, -0.1) is 0 Å². The Balaban J connectivity index is 1.48. The molecule has 9 nitrogen and oxygen atoms in total. The fourth-order valence-electron chi connectivity index (χ4n) is 8.14. The molecular formula is C36H46ClN3O6S. The largest absolute Gasteiger partial charge is 0.490 e. The third kappa shape index (κ3) is 6.06. The molecule has 0 saturated heterocycles. The van der Waals surface area contributed by atoms with Gasteiger partial charge in [0.15, 0.2) is 5.60 Å². The fraction of sp³-hybridized carbons (Fsp3) is 0.556. The van der Waals surface area contributed by atoms with E-state index in [2.05, 4.69) is 21.8 Å². The number of carbonyl (C=O) groups excluding carboxylic acids is 2. The Bertz CT molecular complexity index is 1700. The first-order valence-electron chi connectivity index (χ1n) is 16.6. The topological polar surface area (TPSA) is 105 Å². The van der Waals surface area contributed by atoms with Gasteiger partial charge in [0, 0.05) is 56.2 Å². The predicted octanol–water partition coefficient (Wildman–Crippen LogP) is 5.36. The number of methoxy groups -OCH3 is 1. The molecule has 2 aliphatic carbocycles. The number of halogens is 1. The van der Waals surface area contributed by atoms with Gasteiger partial charge in [-0.1, -0.05) is 30.7 Å². The van der Waals surface area contributed by atoms with Gasteiger partial charge in [0.25, 0.3) is 11.8 Å². The minimum Gasteiger partial charge on any atom is -0.490 e. The number of fused-ring (bicyclic) bond motifs is 4. The first kappa shape index (κ1) is 33.8. The molecule has 2 aromatic carbocycles. The van der Waals surface area contributed by atoms with Crippen LogP contribution in [0.1, 0.15) is 67.4 Å². The zero-order chi connectivity index (χ0) is 33.7. The maximum Gasteiger partial charge on any atom is 0.264 e. The summed E-state index contributed by atoms with van der Waals surface area (Å²) in [4.78, 5) is 31.3. The number of rotatable bonds is 2. The molecule has 1 N–H and O–H groups in total. The zero-order valence-electron chi connectivity index (χ0n) is 27.9. The van der Waals surface area contributed by atoms with Gasteiger partial charge in [-0.2, -0.15) is 0 Å². The smallest absolute Gasteiger partial charge is 0.264 e. The molecule has 0 unspecified atom stereocenters. The molecule has 2 heterocycles. The van der Waals surface area contributed by atoms with Crippen molar-refractivity contribution in [3.63, 3.8) is 0 Å². The van der Waals surface area contributed by atoms with Crippen LogP contribution >= 0.6 is 11.6 Å². The molecule has 6 rings (SSSR count). The van der Waals surface area contributed by atoms with Crippen LogP contribution in [0.25, 0.3) is 0 Å². The number of amides is 2. The molecule has 47 heavy (non-hydrogen) atoms. The Kier molecular flexibility index (Phi) is 9.17. The summed E-state index contributed by atoms with van der Waals surface area (Å²) in [7, 11) is 1.06. The van der Waals surface area contributed by atoms with Crippen molar-refractivity contribution in [2.45, 2.75) is 68.6 Å². The number of aryl methyl sites for hydroxylation is 1. The van der Waals surface area contributed by atoms with Crippen LogP contribution in [-0.2, 0) is 31.4 Å². The second-order valence-electron chi connectivity index (χ2n) is 14.2. The first-order chi connectivity index (χ1) is 22.3. The number of nitrogens with zero attached hydrogens (tertiary/aromatic N) is 2. The van der Waals surface area contributed by atoms with E-state index in [0.29, 0.717) is 36.9 Å². The normalized spacial score (nSPS) is 32.5. The Labute approximate surface area is 283 Å². The van der Waals surface area contributed by atoms with Gasteiger partial charge in [-0.05, 0) is 105 Å². The van der Waals surface area contributed by atoms with Crippen molar-refractivity contribution in [1.29, 1.82) is 0 Å². The number of likely N-dealkylation sites (N-methyl/N-ethyl adjacent to an activating group) is 1. The average molecular weight is 684 g/mol. The van der Waals surface area contributed by atoms with E-state index in [1.807, 2.05) is 25.1 Å². The van der Waals surface area contributed by atoms with Crippen LogP contribution in [0.5, 0.6) is 5.75 Å². The molecule has 1 spiro atoms. The van der Waals surface area contributed by atoms with Crippen LogP contribution in [0.3, 0.4) is 0 Å². The molecule has 0 aromatic heterocycles. The number of sulfonamides is 1. The Morgan fingerprint density at radius 1 is 1.15 bits per heavy atom. The zero-order valence-corrected chi connectivity index (χ0v) is 29.5. The van der Waals surface area contributed by atoms with Gasteiger partial charge < -0.3 is 19.3 Å². The third-order valence-electron chi connectivity index (χ3n) is 11.2. The highest BCUT2D eigenvalue weighted by molar-refractivity contribution is 7.90. The first-order valence-corrected chi connectivity index (χ1v) is 18.5. The molecule has 2 bridgehead atoms. The van der Waals surface area contributed by atoms with Gasteiger partial charge in [0.2, 0.25) is 10.0 Å². The lowest BCUT2D eigenvalue weighted by Crippen LogP contribution is -2.59. The number of hydrogen-bond acceptors (Lipinski definition) is 7.